The highest BCUT2D eigenvalue weighted by molar-refractivity contribution is 5.71. The summed E-state index contributed by atoms with van der Waals surface area (Å²) in [7, 11) is 0. The van der Waals surface area contributed by atoms with E-state index in [2.05, 4.69) is 93.7 Å². The molecule has 0 radical (unpaired) electrons. The number of unbranched alkanes of at least 4 members (excludes halogenated alkanes) is 30. The van der Waals surface area contributed by atoms with Crippen LogP contribution in [0.25, 0.3) is 0 Å². The van der Waals surface area contributed by atoms with Gasteiger partial charge in [-0.25, -0.2) is 0 Å². The maximum Gasteiger partial charge on any atom is 0.306 e. The molecule has 0 bridgehead atoms. The molecule has 70 heavy (non-hydrogen) atoms. The lowest BCUT2D eigenvalue weighted by atomic mass is 10.1. The van der Waals surface area contributed by atoms with E-state index in [4.69, 9.17) is 14.2 Å². The van der Waals surface area contributed by atoms with Crippen LogP contribution >= 0.6 is 0 Å². The van der Waals surface area contributed by atoms with Crippen molar-refractivity contribution in [1.82, 2.24) is 0 Å². The SMILES string of the molecule is CCC\C=C/C=C\C=C/C=C\C=C/CCCCCCCC(=O)OC(COC(=O)CCCCCCCC/C=C\C=C/CCCCC)COC(=O)CCCCCCCCC/C=C\CCCCCCCCCC. The summed E-state index contributed by atoms with van der Waals surface area (Å²) in [5.41, 5.74) is 0. The summed E-state index contributed by atoms with van der Waals surface area (Å²) < 4.78 is 16.9. The second-order valence-corrected chi connectivity index (χ2v) is 19.3. The van der Waals surface area contributed by atoms with Crippen molar-refractivity contribution in [3.63, 3.8) is 0 Å². The topological polar surface area (TPSA) is 78.9 Å². The lowest BCUT2D eigenvalue weighted by molar-refractivity contribution is -0.167. The predicted molar refractivity (Wildman–Crippen MR) is 302 cm³/mol. The van der Waals surface area contributed by atoms with Gasteiger partial charge in [-0.2, -0.15) is 0 Å². The molecule has 0 N–H and O–H groups in total. The van der Waals surface area contributed by atoms with Crippen LogP contribution in [0, 0.1) is 0 Å². The van der Waals surface area contributed by atoms with Crippen LogP contribution in [-0.4, -0.2) is 37.2 Å². The van der Waals surface area contributed by atoms with E-state index < -0.39 is 6.10 Å². The smallest absolute Gasteiger partial charge is 0.306 e. The summed E-state index contributed by atoms with van der Waals surface area (Å²) >= 11 is 0. The maximum absolute atomic E-state index is 12.9. The average molecular weight is 974 g/mol. The van der Waals surface area contributed by atoms with Crippen molar-refractivity contribution in [2.45, 2.75) is 277 Å². The molecule has 0 spiro atoms. The Hall–Kier alpha value is -3.67. The van der Waals surface area contributed by atoms with E-state index in [1.54, 1.807) is 0 Å². The van der Waals surface area contributed by atoms with Crippen molar-refractivity contribution in [1.29, 1.82) is 0 Å². The Bertz CT molecular complexity index is 1400. The first-order valence-electron chi connectivity index (χ1n) is 29.3. The molecule has 0 heterocycles. The van der Waals surface area contributed by atoms with Crippen LogP contribution in [0.5, 0.6) is 0 Å². The van der Waals surface area contributed by atoms with Gasteiger partial charge in [0.25, 0.3) is 0 Å². The standard InChI is InChI=1S/C64H108O6/c1-4-7-10-13-16-19-22-25-28-30-32-34-36-39-42-45-48-51-54-57-63(66)69-60-61(59-68-62(65)56-53-50-47-44-41-38-35-27-24-21-18-15-12-9-6-3)70-64(67)58-55-52-49-46-43-40-37-33-31-29-26-23-20-17-14-11-8-5-2/h11,14,17-18,20-21,23-24,26-27,29-33,37,61H,4-10,12-13,15-16,19,22,25,28,34-36,38-60H2,1-3H3/b14-11-,20-17-,21-18-,26-23-,27-24-,31-29-,32-30-,37-33-. The Morgan fingerprint density at radius 3 is 0.943 bits per heavy atom. The zero-order chi connectivity index (χ0) is 50.7. The summed E-state index contributed by atoms with van der Waals surface area (Å²) in [4.78, 5) is 38.2. The third-order valence-electron chi connectivity index (χ3n) is 12.4. The third-order valence-corrected chi connectivity index (χ3v) is 12.4. The molecule has 0 aromatic carbocycles. The summed E-state index contributed by atoms with van der Waals surface area (Å²) in [5.74, 6) is -0.931. The van der Waals surface area contributed by atoms with E-state index in [9.17, 15) is 14.4 Å². The van der Waals surface area contributed by atoms with Gasteiger partial charge in [0.05, 0.1) is 0 Å². The monoisotopic (exact) mass is 973 g/mol. The quantitative estimate of drug-likeness (QED) is 0.0199. The van der Waals surface area contributed by atoms with E-state index in [0.29, 0.717) is 19.3 Å². The van der Waals surface area contributed by atoms with E-state index >= 15 is 0 Å². The van der Waals surface area contributed by atoms with Crippen LogP contribution in [-0.2, 0) is 28.6 Å². The first-order valence-corrected chi connectivity index (χ1v) is 29.3. The molecule has 0 saturated heterocycles. The third kappa shape index (κ3) is 55.3. The van der Waals surface area contributed by atoms with Crippen molar-refractivity contribution in [2.24, 2.45) is 0 Å². The molecule has 0 fully saturated rings. The number of esters is 3. The highest BCUT2D eigenvalue weighted by Gasteiger charge is 2.19. The Balaban J connectivity index is 4.46. The second-order valence-electron chi connectivity index (χ2n) is 19.3. The van der Waals surface area contributed by atoms with Crippen molar-refractivity contribution >= 4 is 17.9 Å². The Kier molecular flexibility index (Phi) is 54.9. The second kappa shape index (κ2) is 57.9. The highest BCUT2D eigenvalue weighted by Crippen LogP contribution is 2.15. The first kappa shape index (κ1) is 66.3. The Morgan fingerprint density at radius 2 is 0.557 bits per heavy atom. The fourth-order valence-corrected chi connectivity index (χ4v) is 7.99. The normalized spacial score (nSPS) is 12.8. The predicted octanol–water partition coefficient (Wildman–Crippen LogP) is 19.7. The van der Waals surface area contributed by atoms with Gasteiger partial charge in [0.1, 0.15) is 13.2 Å². The Labute approximate surface area is 432 Å². The molecule has 400 valence electrons. The van der Waals surface area contributed by atoms with Gasteiger partial charge in [-0.1, -0.05) is 259 Å². The number of hydrogen-bond donors (Lipinski definition) is 0. The number of rotatable bonds is 52. The van der Waals surface area contributed by atoms with Crippen LogP contribution in [0.15, 0.2) is 97.2 Å². The molecule has 0 amide bonds. The molecule has 0 aromatic rings. The van der Waals surface area contributed by atoms with Crippen LogP contribution in [0.2, 0.25) is 0 Å². The number of ether oxygens (including phenoxy) is 3. The summed E-state index contributed by atoms with van der Waals surface area (Å²) in [6.07, 6.45) is 76.7. The van der Waals surface area contributed by atoms with Gasteiger partial charge < -0.3 is 14.2 Å². The van der Waals surface area contributed by atoms with Gasteiger partial charge in [0.2, 0.25) is 0 Å². The van der Waals surface area contributed by atoms with Crippen molar-refractivity contribution in [3.8, 4) is 0 Å². The molecule has 0 rings (SSSR count). The number of carbonyl (C=O) groups excluding carboxylic acids is 3. The summed E-state index contributed by atoms with van der Waals surface area (Å²) in [5, 5.41) is 0. The molecular weight excluding hydrogens is 865 g/mol. The summed E-state index contributed by atoms with van der Waals surface area (Å²) in [6, 6.07) is 0. The molecular formula is C64H108O6. The van der Waals surface area contributed by atoms with Crippen LogP contribution in [0.1, 0.15) is 271 Å². The molecule has 0 aliphatic heterocycles. The van der Waals surface area contributed by atoms with Crippen molar-refractivity contribution in [2.75, 3.05) is 13.2 Å². The largest absolute Gasteiger partial charge is 0.462 e. The van der Waals surface area contributed by atoms with Gasteiger partial charge >= 0.3 is 17.9 Å². The minimum absolute atomic E-state index is 0.0946. The van der Waals surface area contributed by atoms with Gasteiger partial charge in [-0.15, -0.1) is 0 Å². The zero-order valence-corrected chi connectivity index (χ0v) is 45.8. The number of hydrogen-bond acceptors (Lipinski definition) is 6. The fourth-order valence-electron chi connectivity index (χ4n) is 7.99. The molecule has 6 heteroatoms. The molecule has 0 saturated carbocycles. The first-order chi connectivity index (χ1) is 34.5. The summed E-state index contributed by atoms with van der Waals surface area (Å²) in [6.45, 7) is 6.50. The Morgan fingerprint density at radius 1 is 0.286 bits per heavy atom. The van der Waals surface area contributed by atoms with E-state index in [-0.39, 0.29) is 31.1 Å². The highest BCUT2D eigenvalue weighted by atomic mass is 16.6. The maximum atomic E-state index is 12.9. The molecule has 0 aliphatic carbocycles. The lowest BCUT2D eigenvalue weighted by Gasteiger charge is -2.18. The number of allylic oxidation sites excluding steroid dienone is 16. The van der Waals surface area contributed by atoms with Gasteiger partial charge in [0, 0.05) is 19.3 Å². The molecule has 1 unspecified atom stereocenters. The van der Waals surface area contributed by atoms with Crippen LogP contribution < -0.4 is 0 Å². The van der Waals surface area contributed by atoms with Crippen molar-refractivity contribution < 1.29 is 28.6 Å². The minimum Gasteiger partial charge on any atom is -0.462 e. The van der Waals surface area contributed by atoms with Gasteiger partial charge in [-0.3, -0.25) is 14.4 Å². The van der Waals surface area contributed by atoms with E-state index in [1.165, 1.54) is 141 Å². The van der Waals surface area contributed by atoms with Crippen LogP contribution in [0.4, 0.5) is 0 Å². The molecule has 0 aromatic heterocycles. The molecule has 6 nitrogen and oxygen atoms in total. The van der Waals surface area contributed by atoms with Crippen molar-refractivity contribution in [3.05, 3.63) is 97.2 Å². The van der Waals surface area contributed by atoms with E-state index in [1.807, 2.05) is 24.3 Å². The van der Waals surface area contributed by atoms with Crippen LogP contribution in [0.3, 0.4) is 0 Å². The molecule has 1 atom stereocenters. The van der Waals surface area contributed by atoms with Gasteiger partial charge in [-0.05, 0) is 89.9 Å². The zero-order valence-electron chi connectivity index (χ0n) is 45.8. The fraction of sp³-hybridized carbons (Fsp3) is 0.703. The van der Waals surface area contributed by atoms with E-state index in [0.717, 1.165) is 89.9 Å². The lowest BCUT2D eigenvalue weighted by Crippen LogP contribution is -2.30. The number of carbonyl (C=O) groups is 3. The minimum atomic E-state index is -0.800. The van der Waals surface area contributed by atoms with Gasteiger partial charge in [0.15, 0.2) is 6.10 Å². The molecule has 0 aliphatic rings. The average Bonchev–Trinajstić information content (AvgIpc) is 3.36.